The van der Waals surface area contributed by atoms with Crippen molar-refractivity contribution in [1.82, 2.24) is 5.32 Å². The molecule has 4 aromatic rings. The average molecular weight is 424 g/mol. The second-order valence-electron chi connectivity index (χ2n) is 6.67. The molecule has 30 heavy (non-hydrogen) atoms. The van der Waals surface area contributed by atoms with E-state index in [4.69, 9.17) is 9.56 Å². The van der Waals surface area contributed by atoms with Crippen LogP contribution >= 0.6 is 0 Å². The van der Waals surface area contributed by atoms with Crippen LogP contribution in [-0.2, 0) is 10.0 Å². The van der Waals surface area contributed by atoms with E-state index in [0.717, 1.165) is 11.1 Å². The van der Waals surface area contributed by atoms with Gasteiger partial charge in [-0.25, -0.2) is 17.9 Å². The summed E-state index contributed by atoms with van der Waals surface area (Å²) < 4.78 is 42.2. The van der Waals surface area contributed by atoms with Crippen LogP contribution in [0.15, 0.2) is 76.0 Å². The minimum Gasteiger partial charge on any atom is -0.455 e. The first-order chi connectivity index (χ1) is 14.3. The summed E-state index contributed by atoms with van der Waals surface area (Å²) in [5, 5.41) is 8.34. The van der Waals surface area contributed by atoms with Crippen LogP contribution in [0.1, 0.15) is 10.4 Å². The molecule has 1 heterocycles. The molecular weight excluding hydrogens is 407 g/mol. The molecule has 0 aliphatic rings. The van der Waals surface area contributed by atoms with Gasteiger partial charge in [-0.05, 0) is 59.7 Å². The topological polar surface area (TPSA) is 102 Å². The van der Waals surface area contributed by atoms with Crippen molar-refractivity contribution in [2.24, 2.45) is 5.14 Å². The van der Waals surface area contributed by atoms with Gasteiger partial charge in [0.1, 0.15) is 17.2 Å². The average Bonchev–Trinajstić information content (AvgIpc) is 3.12. The van der Waals surface area contributed by atoms with Crippen molar-refractivity contribution in [3.8, 4) is 22.5 Å². The number of carbonyl (C=O) groups excluding carboxylic acids is 1. The number of sulfonamides is 1. The molecular formula is C22H17FN2O4S. The number of nitrogens with one attached hydrogen (secondary N) is 1. The van der Waals surface area contributed by atoms with Gasteiger partial charge < -0.3 is 9.73 Å². The first kappa shape index (κ1) is 19.8. The van der Waals surface area contributed by atoms with Gasteiger partial charge in [0.15, 0.2) is 0 Å². The van der Waals surface area contributed by atoms with Crippen LogP contribution in [-0.4, -0.2) is 21.4 Å². The largest absolute Gasteiger partial charge is 0.455 e. The van der Waals surface area contributed by atoms with Gasteiger partial charge in [0.05, 0.1) is 10.5 Å². The quantitative estimate of drug-likeness (QED) is 0.518. The van der Waals surface area contributed by atoms with E-state index in [2.05, 4.69) is 5.32 Å². The number of amides is 1. The Hall–Kier alpha value is -3.49. The lowest BCUT2D eigenvalue weighted by molar-refractivity contribution is 0.0964. The smallest absolute Gasteiger partial charge is 0.255 e. The molecule has 0 atom stereocenters. The number of hydrogen-bond donors (Lipinski definition) is 2. The molecule has 152 valence electrons. The summed E-state index contributed by atoms with van der Waals surface area (Å²) in [4.78, 5) is 12.6. The molecule has 0 radical (unpaired) electrons. The fraction of sp³-hybridized carbons (Fsp3) is 0.0455. The third-order valence-corrected chi connectivity index (χ3v) is 5.69. The zero-order chi connectivity index (χ0) is 21.5. The lowest BCUT2D eigenvalue weighted by Gasteiger charge is -2.05. The van der Waals surface area contributed by atoms with Crippen molar-refractivity contribution in [3.05, 3.63) is 78.1 Å². The van der Waals surface area contributed by atoms with E-state index < -0.39 is 10.0 Å². The van der Waals surface area contributed by atoms with Crippen LogP contribution < -0.4 is 10.5 Å². The molecule has 4 rings (SSSR count). The maximum atomic E-state index is 13.3. The molecule has 1 amide bonds. The first-order valence-corrected chi connectivity index (χ1v) is 10.5. The molecule has 0 fully saturated rings. The Morgan fingerprint density at radius 1 is 0.933 bits per heavy atom. The van der Waals surface area contributed by atoms with Crippen molar-refractivity contribution in [3.63, 3.8) is 0 Å². The van der Waals surface area contributed by atoms with Crippen molar-refractivity contribution >= 4 is 26.9 Å². The summed E-state index contributed by atoms with van der Waals surface area (Å²) in [5.41, 5.74) is 2.92. The lowest BCUT2D eigenvalue weighted by Crippen LogP contribution is -2.18. The fourth-order valence-corrected chi connectivity index (χ4v) is 3.78. The summed E-state index contributed by atoms with van der Waals surface area (Å²) in [6.45, 7) is 0. The summed E-state index contributed by atoms with van der Waals surface area (Å²) in [7, 11) is -2.26. The minimum absolute atomic E-state index is 0.0142. The van der Waals surface area contributed by atoms with Crippen molar-refractivity contribution in [2.75, 3.05) is 7.05 Å². The molecule has 0 saturated heterocycles. The van der Waals surface area contributed by atoms with Crippen molar-refractivity contribution in [2.45, 2.75) is 4.90 Å². The molecule has 0 aliphatic heterocycles. The molecule has 6 nitrogen and oxygen atoms in total. The standard InChI is InChI=1S/C22H17FN2O4S/c1-25-22(26)20-18-12-15(13-4-9-17(10-5-13)30(24,27)28)6-11-19(18)29-21(20)14-2-7-16(23)8-3-14/h2-12H,1H3,(H,25,26)(H2,24,27,28). The molecule has 0 saturated carbocycles. The predicted molar refractivity (Wildman–Crippen MR) is 112 cm³/mol. The van der Waals surface area contributed by atoms with Crippen LogP contribution in [0.3, 0.4) is 0 Å². The maximum absolute atomic E-state index is 13.3. The number of primary sulfonamides is 1. The predicted octanol–water partition coefficient (Wildman–Crippen LogP) is 3.91. The third kappa shape index (κ3) is 3.58. The second kappa shape index (κ2) is 7.40. The first-order valence-electron chi connectivity index (χ1n) is 8.96. The van der Waals surface area contributed by atoms with Crippen LogP contribution in [0.25, 0.3) is 33.4 Å². The Morgan fingerprint density at radius 3 is 2.13 bits per heavy atom. The Bertz CT molecular complexity index is 1360. The van der Waals surface area contributed by atoms with E-state index >= 15 is 0 Å². The SMILES string of the molecule is CNC(=O)c1c(-c2ccc(F)cc2)oc2ccc(-c3ccc(S(N)(=O)=O)cc3)cc12. The molecule has 0 bridgehead atoms. The van der Waals surface area contributed by atoms with E-state index in [1.165, 1.54) is 31.3 Å². The van der Waals surface area contributed by atoms with E-state index in [1.54, 1.807) is 42.5 Å². The molecule has 3 N–H and O–H groups in total. The minimum atomic E-state index is -3.78. The molecule has 0 aliphatic carbocycles. The highest BCUT2D eigenvalue weighted by atomic mass is 32.2. The van der Waals surface area contributed by atoms with Crippen molar-refractivity contribution < 1.29 is 22.0 Å². The monoisotopic (exact) mass is 424 g/mol. The van der Waals surface area contributed by atoms with Crippen LogP contribution in [0.4, 0.5) is 4.39 Å². The van der Waals surface area contributed by atoms with Gasteiger partial charge in [0, 0.05) is 18.0 Å². The zero-order valence-corrected chi connectivity index (χ0v) is 16.7. The van der Waals surface area contributed by atoms with Crippen LogP contribution in [0.2, 0.25) is 0 Å². The van der Waals surface area contributed by atoms with Gasteiger partial charge in [-0.3, -0.25) is 4.79 Å². The Kier molecular flexibility index (Phi) is 4.89. The third-order valence-electron chi connectivity index (χ3n) is 4.76. The van der Waals surface area contributed by atoms with Gasteiger partial charge >= 0.3 is 0 Å². The number of hydrogen-bond acceptors (Lipinski definition) is 4. The number of rotatable bonds is 4. The van der Waals surface area contributed by atoms with E-state index in [1.807, 2.05) is 0 Å². The van der Waals surface area contributed by atoms with E-state index in [-0.39, 0.29) is 16.6 Å². The number of furan rings is 1. The Morgan fingerprint density at radius 2 is 1.53 bits per heavy atom. The number of benzene rings is 3. The summed E-state index contributed by atoms with van der Waals surface area (Å²) in [5.74, 6) is -0.387. The molecule has 0 unspecified atom stereocenters. The summed E-state index contributed by atoms with van der Waals surface area (Å²) in [6, 6.07) is 17.2. The maximum Gasteiger partial charge on any atom is 0.255 e. The van der Waals surface area contributed by atoms with E-state index in [9.17, 15) is 17.6 Å². The highest BCUT2D eigenvalue weighted by Crippen LogP contribution is 2.36. The van der Waals surface area contributed by atoms with Gasteiger partial charge in [-0.1, -0.05) is 18.2 Å². The Balaban J connectivity index is 1.88. The van der Waals surface area contributed by atoms with Crippen LogP contribution in [0.5, 0.6) is 0 Å². The highest BCUT2D eigenvalue weighted by Gasteiger charge is 2.22. The number of halogens is 1. The normalized spacial score (nSPS) is 11.6. The van der Waals surface area contributed by atoms with Gasteiger partial charge in [-0.2, -0.15) is 0 Å². The summed E-state index contributed by atoms with van der Waals surface area (Å²) >= 11 is 0. The van der Waals surface area contributed by atoms with Crippen molar-refractivity contribution in [1.29, 1.82) is 0 Å². The molecule has 0 spiro atoms. The fourth-order valence-electron chi connectivity index (χ4n) is 3.27. The summed E-state index contributed by atoms with van der Waals surface area (Å²) in [6.07, 6.45) is 0. The second-order valence-corrected chi connectivity index (χ2v) is 8.23. The molecule has 8 heteroatoms. The zero-order valence-electron chi connectivity index (χ0n) is 15.8. The number of fused-ring (bicyclic) bond motifs is 1. The molecule has 1 aromatic heterocycles. The van der Waals surface area contributed by atoms with E-state index in [0.29, 0.717) is 27.9 Å². The lowest BCUT2D eigenvalue weighted by atomic mass is 10.0. The number of nitrogens with two attached hydrogens (primary N) is 1. The Labute approximate surface area is 172 Å². The number of carbonyl (C=O) groups is 1. The van der Waals surface area contributed by atoms with Crippen LogP contribution in [0, 0.1) is 5.82 Å². The highest BCUT2D eigenvalue weighted by molar-refractivity contribution is 7.89. The molecule has 3 aromatic carbocycles. The van der Waals surface area contributed by atoms with Gasteiger partial charge in [0.2, 0.25) is 10.0 Å². The van der Waals surface area contributed by atoms with Gasteiger partial charge in [-0.15, -0.1) is 0 Å². The van der Waals surface area contributed by atoms with Gasteiger partial charge in [0.25, 0.3) is 5.91 Å².